The lowest BCUT2D eigenvalue weighted by molar-refractivity contribution is -0.155. The van der Waals surface area contributed by atoms with Crippen LogP contribution < -0.4 is 10.5 Å². The zero-order chi connectivity index (χ0) is 38.8. The number of nitrogens with zero attached hydrogens (tertiary/aromatic N) is 5. The first kappa shape index (κ1) is 36.5. The molecule has 8 nitrogen and oxygen atoms in total. The third-order valence-electron chi connectivity index (χ3n) is 13.4. The second-order valence-electron chi connectivity index (χ2n) is 18.4. The fourth-order valence-electron chi connectivity index (χ4n) is 10.6. The molecule has 1 spiro atoms. The molecule has 0 radical (unpaired) electrons. The maximum absolute atomic E-state index is 15.7. The van der Waals surface area contributed by atoms with Gasteiger partial charge >= 0.3 is 0 Å². The van der Waals surface area contributed by atoms with E-state index in [1.165, 1.54) is 28.2 Å². The fourth-order valence-corrected chi connectivity index (χ4v) is 10.9. The molecule has 3 atom stereocenters. The van der Waals surface area contributed by atoms with Crippen molar-refractivity contribution >= 4 is 40.0 Å². The van der Waals surface area contributed by atoms with Crippen LogP contribution in [0, 0.1) is 17.0 Å². The van der Waals surface area contributed by atoms with Crippen LogP contribution in [-0.2, 0) is 15.0 Å². The van der Waals surface area contributed by atoms with Crippen molar-refractivity contribution in [2.24, 2.45) is 5.41 Å². The van der Waals surface area contributed by atoms with E-state index >= 15 is 8.78 Å². The average Bonchev–Trinajstić information content (AvgIpc) is 3.66. The predicted octanol–water partition coefficient (Wildman–Crippen LogP) is 8.23. The Morgan fingerprint density at radius 1 is 0.927 bits per heavy atom. The number of rotatable bonds is 4. The van der Waals surface area contributed by atoms with Gasteiger partial charge in [0.1, 0.15) is 17.5 Å². The molecule has 3 saturated heterocycles. The molecular weight excluding hydrogens is 720 g/mol. The Morgan fingerprint density at radius 2 is 1.67 bits per heavy atom. The highest BCUT2D eigenvalue weighted by molar-refractivity contribution is 6.35. The standard InChI is InChI=1S/C44H48ClF2N5O3/c1-42(2,3)52-36(53)15-13-29(40(52)55)37-32(46)20-28(21-33(37)47)49-17-16-44(22-49)23-50(24-44)27-9-6-8-25(18-27)26-12-14-34-30(19-26)43(4,5)41-48-39(54)38-31(45)10-7-11-35(38)51(34)41/h7,10-12,14,19-21,25,27,29H,6,8-9,13,15-18,22-24H2,1-5H3. The van der Waals surface area contributed by atoms with Gasteiger partial charge in [-0.05, 0) is 114 Å². The third kappa shape index (κ3) is 5.75. The van der Waals surface area contributed by atoms with Gasteiger partial charge in [-0.15, -0.1) is 0 Å². The number of carbonyl (C=O) groups excluding carboxylic acids is 2. The van der Waals surface area contributed by atoms with Crippen molar-refractivity contribution in [3.63, 3.8) is 0 Å². The van der Waals surface area contributed by atoms with Crippen LogP contribution in [0.2, 0.25) is 5.02 Å². The number of halogens is 3. The molecule has 3 aromatic carbocycles. The zero-order valence-corrected chi connectivity index (χ0v) is 33.0. The second-order valence-corrected chi connectivity index (χ2v) is 18.8. The molecule has 4 fully saturated rings. The Hall–Kier alpha value is -4.15. The number of fused-ring (bicyclic) bond motifs is 5. The van der Waals surface area contributed by atoms with Gasteiger partial charge in [0.05, 0.1) is 32.9 Å². The molecule has 9 rings (SSSR count). The van der Waals surface area contributed by atoms with Crippen LogP contribution in [0.25, 0.3) is 16.6 Å². The van der Waals surface area contributed by atoms with E-state index in [0.717, 1.165) is 75.3 Å². The van der Waals surface area contributed by atoms with Crippen LogP contribution in [0.15, 0.2) is 53.3 Å². The van der Waals surface area contributed by atoms with Crippen LogP contribution >= 0.6 is 11.6 Å². The summed E-state index contributed by atoms with van der Waals surface area (Å²) < 4.78 is 33.6. The molecule has 55 heavy (non-hydrogen) atoms. The van der Waals surface area contributed by atoms with Crippen LogP contribution in [0.4, 0.5) is 14.5 Å². The summed E-state index contributed by atoms with van der Waals surface area (Å²) in [7, 11) is 0. The van der Waals surface area contributed by atoms with Gasteiger partial charge in [0.2, 0.25) is 11.8 Å². The number of hydrogen-bond acceptors (Lipinski definition) is 6. The quantitative estimate of drug-likeness (QED) is 0.195. The number of piperidine rings is 1. The number of hydrogen-bond donors (Lipinski definition) is 0. The summed E-state index contributed by atoms with van der Waals surface area (Å²) in [5, 5.41) is 0.864. The molecule has 5 aliphatic rings. The number of amides is 2. The van der Waals surface area contributed by atoms with Gasteiger partial charge in [0.25, 0.3) is 5.56 Å². The summed E-state index contributed by atoms with van der Waals surface area (Å²) in [6, 6.07) is 15.6. The van der Waals surface area contributed by atoms with Crippen LogP contribution in [0.3, 0.4) is 0 Å². The van der Waals surface area contributed by atoms with Gasteiger partial charge in [0, 0.05) is 60.8 Å². The number of aromatic nitrogens is 2. The third-order valence-corrected chi connectivity index (χ3v) is 13.7. The highest BCUT2D eigenvalue weighted by Crippen LogP contribution is 2.48. The molecular formula is C44H48ClF2N5O3. The highest BCUT2D eigenvalue weighted by Gasteiger charge is 2.50. The van der Waals surface area contributed by atoms with Gasteiger partial charge in [-0.1, -0.05) is 36.2 Å². The summed E-state index contributed by atoms with van der Waals surface area (Å²) in [6.07, 6.45) is 5.67. The summed E-state index contributed by atoms with van der Waals surface area (Å²) in [5.41, 5.74) is 3.20. The van der Waals surface area contributed by atoms with Crippen molar-refractivity contribution in [1.82, 2.24) is 19.4 Å². The number of anilines is 1. The normalized spacial score (nSPS) is 24.8. The topological polar surface area (TPSA) is 78.8 Å². The minimum absolute atomic E-state index is 0.0796. The van der Waals surface area contributed by atoms with E-state index in [-0.39, 0.29) is 35.3 Å². The van der Waals surface area contributed by atoms with Gasteiger partial charge < -0.3 is 4.90 Å². The molecule has 1 saturated carbocycles. The van der Waals surface area contributed by atoms with Crippen LogP contribution in [0.1, 0.15) is 114 Å². The monoisotopic (exact) mass is 767 g/mol. The Bertz CT molecular complexity index is 2320. The first-order valence-electron chi connectivity index (χ1n) is 19.8. The largest absolute Gasteiger partial charge is 0.371 e. The molecule has 1 aliphatic carbocycles. The van der Waals surface area contributed by atoms with Gasteiger partial charge in [0.15, 0.2) is 0 Å². The minimum atomic E-state index is -1.02. The fraction of sp³-hybridized carbons (Fsp3) is 0.500. The first-order valence-corrected chi connectivity index (χ1v) is 20.2. The van der Waals surface area contributed by atoms with E-state index in [9.17, 15) is 14.4 Å². The van der Waals surface area contributed by atoms with Crippen molar-refractivity contribution in [2.45, 2.75) is 108 Å². The highest BCUT2D eigenvalue weighted by atomic mass is 35.5. The smallest absolute Gasteiger partial charge is 0.282 e. The maximum atomic E-state index is 15.7. The van der Waals surface area contributed by atoms with Crippen LogP contribution in [-0.4, -0.2) is 68.9 Å². The van der Waals surface area contributed by atoms with Crippen LogP contribution in [0.5, 0.6) is 0 Å². The van der Waals surface area contributed by atoms with Gasteiger partial charge in [-0.2, -0.15) is 4.98 Å². The van der Waals surface area contributed by atoms with E-state index in [0.29, 0.717) is 28.1 Å². The molecule has 5 heterocycles. The molecule has 3 unspecified atom stereocenters. The molecule has 2 amide bonds. The van der Waals surface area contributed by atoms with Crippen molar-refractivity contribution < 1.29 is 18.4 Å². The van der Waals surface area contributed by atoms with E-state index in [2.05, 4.69) is 51.4 Å². The van der Waals surface area contributed by atoms with Crippen molar-refractivity contribution in [1.29, 1.82) is 0 Å². The minimum Gasteiger partial charge on any atom is -0.371 e. The molecule has 4 aliphatic heterocycles. The summed E-state index contributed by atoms with van der Waals surface area (Å²) >= 11 is 6.48. The van der Waals surface area contributed by atoms with Crippen molar-refractivity contribution in [3.8, 4) is 5.69 Å². The van der Waals surface area contributed by atoms with E-state index in [1.54, 1.807) is 26.8 Å². The number of carbonyl (C=O) groups is 2. The zero-order valence-electron chi connectivity index (χ0n) is 32.2. The molecule has 1 aromatic heterocycles. The SMILES string of the molecule is CC1(C)c2cc(C3CCCC(N4CC5(CCN(c6cc(F)c(C7CCC(=O)N(C(C)(C)C)C7=O)c(F)c6)C5)C4)C3)ccc2-n2c1nc(=O)c1c(Cl)cccc12. The Labute approximate surface area is 325 Å². The molecule has 4 aromatic rings. The lowest BCUT2D eigenvalue weighted by Crippen LogP contribution is -2.61. The second kappa shape index (κ2) is 12.7. The van der Waals surface area contributed by atoms with E-state index in [4.69, 9.17) is 11.6 Å². The first-order chi connectivity index (χ1) is 26.1. The Morgan fingerprint density at radius 3 is 2.40 bits per heavy atom. The van der Waals surface area contributed by atoms with Crippen molar-refractivity contribution in [3.05, 3.63) is 98.1 Å². The summed E-state index contributed by atoms with van der Waals surface area (Å²) in [5.74, 6) is -2.13. The number of imide groups is 1. The molecule has 11 heteroatoms. The molecule has 288 valence electrons. The summed E-state index contributed by atoms with van der Waals surface area (Å²) in [4.78, 5) is 49.5. The number of likely N-dealkylation sites (tertiary alicyclic amines) is 2. The average molecular weight is 768 g/mol. The van der Waals surface area contributed by atoms with E-state index in [1.807, 2.05) is 12.1 Å². The Kier molecular flexibility index (Phi) is 8.41. The Balaban J connectivity index is 0.879. The van der Waals surface area contributed by atoms with Gasteiger partial charge in [-0.25, -0.2) is 8.78 Å². The predicted molar refractivity (Wildman–Crippen MR) is 210 cm³/mol. The summed E-state index contributed by atoms with van der Waals surface area (Å²) in [6.45, 7) is 13.0. The lowest BCUT2D eigenvalue weighted by atomic mass is 9.73. The lowest BCUT2D eigenvalue weighted by Gasteiger charge is -2.53. The molecule has 0 N–H and O–H groups in total. The van der Waals surface area contributed by atoms with Crippen molar-refractivity contribution in [2.75, 3.05) is 31.1 Å². The van der Waals surface area contributed by atoms with E-state index < -0.39 is 34.4 Å². The number of benzene rings is 3. The maximum Gasteiger partial charge on any atom is 0.282 e. The molecule has 0 bridgehead atoms. The van der Waals surface area contributed by atoms with Gasteiger partial charge in [-0.3, -0.25) is 28.8 Å².